The summed E-state index contributed by atoms with van der Waals surface area (Å²) in [6.45, 7) is -0.802. The number of allylic oxidation sites excluding steroid dienone is 1. The molecule has 2 aromatic heterocycles. The lowest BCUT2D eigenvalue weighted by Crippen LogP contribution is -2.30. The molecule has 0 radical (unpaired) electrons. The molecule has 246 valence electrons. The maximum absolute atomic E-state index is 13.8. The second-order valence-electron chi connectivity index (χ2n) is 11.0. The summed E-state index contributed by atoms with van der Waals surface area (Å²) in [6, 6.07) is 13.5. The lowest BCUT2D eigenvalue weighted by molar-refractivity contribution is -0.125. The zero-order valence-corrected chi connectivity index (χ0v) is 26.1. The van der Waals surface area contributed by atoms with E-state index in [4.69, 9.17) is 0 Å². The Morgan fingerprint density at radius 1 is 0.688 bits per heavy atom. The maximum Gasteiger partial charge on any atom is 0.420 e. The maximum atomic E-state index is 13.8. The van der Waals surface area contributed by atoms with Gasteiger partial charge in [0.25, 0.3) is 0 Å². The van der Waals surface area contributed by atoms with E-state index in [1.807, 2.05) is 0 Å². The summed E-state index contributed by atoms with van der Waals surface area (Å²) in [7, 11) is -8.58. The summed E-state index contributed by atoms with van der Waals surface area (Å²) in [4.78, 5) is 50.9. The monoisotopic (exact) mass is 698 g/mol. The molecular weight excluding hydrogens is 677 g/mol. The van der Waals surface area contributed by atoms with Gasteiger partial charge in [0.2, 0.25) is 43.2 Å². The summed E-state index contributed by atoms with van der Waals surface area (Å²) in [5, 5.41) is 9.65. The Bertz CT molecular complexity index is 2380. The SMILES string of the molecule is CS(=O)(=O)n1cc(-c2ccc(CS(=O)(=O)n3cc(-c4ccccc4)c4c3C=C(CO)C(=O)C4=O)cc2)c2c1C=C(C(F)(F)F)C(=O)C2=O. The van der Waals surface area contributed by atoms with Crippen LogP contribution in [0.1, 0.15) is 37.7 Å². The van der Waals surface area contributed by atoms with Gasteiger partial charge in [-0.3, -0.25) is 19.2 Å². The van der Waals surface area contributed by atoms with Crippen molar-refractivity contribution in [2.75, 3.05) is 12.9 Å². The van der Waals surface area contributed by atoms with Crippen LogP contribution < -0.4 is 0 Å². The molecule has 11 nitrogen and oxygen atoms in total. The highest BCUT2D eigenvalue weighted by atomic mass is 32.2. The normalized spacial score (nSPS) is 15.3. The first kappa shape index (κ1) is 32.7. The number of Topliss-reactive ketones (excluding diaryl/α,β-unsaturated/α-hetero) is 4. The number of hydrogen-bond donors (Lipinski definition) is 1. The standard InChI is InChI=1S/C32H21F3N2O9S2/c1-47(43,44)36-13-21(27-25(36)12-23(32(33,34)35)29(40)31(27)42)19-9-7-17(8-10-19)16-48(45,46)37-14-22(18-5-3-2-4-6-18)26-24(37)11-20(15-38)28(39)30(26)41/h2-14,38H,15-16H2,1H3. The summed E-state index contributed by atoms with van der Waals surface area (Å²) < 4.78 is 94.2. The van der Waals surface area contributed by atoms with Gasteiger partial charge in [-0.2, -0.15) is 13.2 Å². The van der Waals surface area contributed by atoms with Crippen LogP contribution in [-0.4, -0.2) is 72.1 Å². The second-order valence-corrected chi connectivity index (χ2v) is 14.7. The van der Waals surface area contributed by atoms with Crippen LogP contribution in [0.2, 0.25) is 0 Å². The predicted molar refractivity (Wildman–Crippen MR) is 166 cm³/mol. The molecule has 2 aliphatic carbocycles. The van der Waals surface area contributed by atoms with E-state index in [1.165, 1.54) is 30.5 Å². The zero-order valence-electron chi connectivity index (χ0n) is 24.5. The topological polar surface area (TPSA) is 167 Å². The second kappa shape index (κ2) is 11.2. The summed E-state index contributed by atoms with van der Waals surface area (Å²) >= 11 is 0. The van der Waals surface area contributed by atoms with Gasteiger partial charge in [-0.15, -0.1) is 0 Å². The highest BCUT2D eigenvalue weighted by Crippen LogP contribution is 2.39. The zero-order chi connectivity index (χ0) is 34.9. The number of hydrogen-bond acceptors (Lipinski definition) is 9. The van der Waals surface area contributed by atoms with E-state index in [1.54, 1.807) is 30.3 Å². The van der Waals surface area contributed by atoms with E-state index in [0.29, 0.717) is 21.9 Å². The molecule has 0 amide bonds. The lowest BCUT2D eigenvalue weighted by Gasteiger charge is -2.16. The molecule has 16 heteroatoms. The number of aromatic nitrogens is 2. The largest absolute Gasteiger partial charge is 0.420 e. The third-order valence-electron chi connectivity index (χ3n) is 7.84. The molecule has 2 heterocycles. The molecule has 48 heavy (non-hydrogen) atoms. The van der Waals surface area contributed by atoms with Crippen molar-refractivity contribution in [1.82, 2.24) is 7.94 Å². The highest BCUT2D eigenvalue weighted by Gasteiger charge is 2.46. The first-order valence-electron chi connectivity index (χ1n) is 13.8. The Hall–Kier alpha value is -5.19. The van der Waals surface area contributed by atoms with E-state index >= 15 is 0 Å². The number of ketones is 4. The molecule has 0 aliphatic heterocycles. The average molecular weight is 699 g/mol. The molecule has 0 unspecified atom stereocenters. The quantitative estimate of drug-likeness (QED) is 0.284. The number of carbonyl (C=O) groups excluding carboxylic acids is 4. The van der Waals surface area contributed by atoms with Gasteiger partial charge in [-0.05, 0) is 28.8 Å². The van der Waals surface area contributed by atoms with E-state index < -0.39 is 78.5 Å². The van der Waals surface area contributed by atoms with Crippen LogP contribution in [0.3, 0.4) is 0 Å². The fourth-order valence-corrected chi connectivity index (χ4v) is 7.89. The van der Waals surface area contributed by atoms with Crippen molar-refractivity contribution in [2.24, 2.45) is 0 Å². The minimum atomic E-state index is -5.22. The predicted octanol–water partition coefficient (Wildman–Crippen LogP) is 3.66. The Labute approximate surface area is 270 Å². The van der Waals surface area contributed by atoms with Crippen LogP contribution >= 0.6 is 0 Å². The minimum absolute atomic E-state index is 0.101. The number of fused-ring (bicyclic) bond motifs is 2. The number of aliphatic hydroxyl groups is 1. The average Bonchev–Trinajstić information content (AvgIpc) is 3.61. The molecule has 2 aliphatic rings. The first-order valence-corrected chi connectivity index (χ1v) is 17.3. The van der Waals surface area contributed by atoms with Gasteiger partial charge >= 0.3 is 6.18 Å². The number of rotatable bonds is 7. The van der Waals surface area contributed by atoms with Crippen LogP contribution in [0.15, 0.2) is 78.1 Å². The Morgan fingerprint density at radius 3 is 1.75 bits per heavy atom. The van der Waals surface area contributed by atoms with Gasteiger partial charge in [0.1, 0.15) is 5.57 Å². The summed E-state index contributed by atoms with van der Waals surface area (Å²) in [5.41, 5.74) is -2.84. The van der Waals surface area contributed by atoms with Crippen LogP contribution in [0.25, 0.3) is 34.4 Å². The van der Waals surface area contributed by atoms with Gasteiger partial charge in [-0.1, -0.05) is 54.6 Å². The van der Waals surface area contributed by atoms with Gasteiger partial charge in [0.15, 0.2) is 0 Å². The van der Waals surface area contributed by atoms with Gasteiger partial charge in [-0.25, -0.2) is 24.8 Å². The number of alkyl halides is 3. The van der Waals surface area contributed by atoms with Crippen LogP contribution in [0.4, 0.5) is 13.2 Å². The number of nitrogens with zero attached hydrogens (tertiary/aromatic N) is 2. The van der Waals surface area contributed by atoms with Crippen LogP contribution in [0.5, 0.6) is 0 Å². The van der Waals surface area contributed by atoms with E-state index in [0.717, 1.165) is 16.2 Å². The summed E-state index contributed by atoms with van der Waals surface area (Å²) in [5.74, 6) is -6.02. The molecule has 0 atom stereocenters. The third kappa shape index (κ3) is 5.36. The number of benzene rings is 2. The fraction of sp³-hybridized carbons (Fsp3) is 0.125. The van der Waals surface area contributed by atoms with Crippen molar-refractivity contribution < 1.29 is 54.3 Å². The van der Waals surface area contributed by atoms with Crippen molar-refractivity contribution in [3.63, 3.8) is 0 Å². The lowest BCUT2D eigenvalue weighted by atomic mass is 9.90. The minimum Gasteiger partial charge on any atom is -0.392 e. The third-order valence-corrected chi connectivity index (χ3v) is 10.5. The molecule has 1 N–H and O–H groups in total. The molecule has 0 bridgehead atoms. The molecule has 0 fully saturated rings. The molecule has 4 aromatic rings. The molecule has 0 saturated heterocycles. The van der Waals surface area contributed by atoms with E-state index in [2.05, 4.69) is 0 Å². The molecule has 0 spiro atoms. The Kier molecular flexibility index (Phi) is 7.65. The highest BCUT2D eigenvalue weighted by molar-refractivity contribution is 7.89. The van der Waals surface area contributed by atoms with Gasteiger partial charge in [0.05, 0.1) is 41.1 Å². The van der Waals surface area contributed by atoms with Crippen molar-refractivity contribution in [3.05, 3.63) is 106 Å². The first-order chi connectivity index (χ1) is 22.4. The summed E-state index contributed by atoms with van der Waals surface area (Å²) in [6.07, 6.45) is -0.952. The molecular formula is C32H21F3N2O9S2. The number of halogens is 3. The van der Waals surface area contributed by atoms with E-state index in [-0.39, 0.29) is 39.1 Å². The number of aliphatic hydroxyl groups excluding tert-OH is 1. The molecule has 6 rings (SSSR count). The Morgan fingerprint density at radius 2 is 1.21 bits per heavy atom. The number of carbonyl (C=O) groups is 4. The fourth-order valence-electron chi connectivity index (χ4n) is 5.62. The van der Waals surface area contributed by atoms with Crippen molar-refractivity contribution in [2.45, 2.75) is 11.9 Å². The smallest absolute Gasteiger partial charge is 0.392 e. The van der Waals surface area contributed by atoms with Crippen LogP contribution in [0, 0.1) is 0 Å². The van der Waals surface area contributed by atoms with Crippen molar-refractivity contribution >= 4 is 55.3 Å². The van der Waals surface area contributed by atoms with Crippen LogP contribution in [-0.2, 0) is 35.4 Å². The molecule has 0 saturated carbocycles. The molecule has 2 aromatic carbocycles. The van der Waals surface area contributed by atoms with Crippen molar-refractivity contribution in [1.29, 1.82) is 0 Å². The van der Waals surface area contributed by atoms with Crippen molar-refractivity contribution in [3.8, 4) is 22.3 Å². The van der Waals surface area contributed by atoms with Gasteiger partial charge in [0, 0.05) is 29.1 Å². The van der Waals surface area contributed by atoms with E-state index in [9.17, 15) is 54.3 Å². The Balaban J connectivity index is 1.41. The van der Waals surface area contributed by atoms with Gasteiger partial charge < -0.3 is 5.11 Å².